The number of aromatic nitrogens is 3. The fourth-order valence-corrected chi connectivity index (χ4v) is 8.24. The van der Waals surface area contributed by atoms with E-state index in [-0.39, 0.29) is 43.6 Å². The van der Waals surface area contributed by atoms with E-state index in [1.54, 1.807) is 0 Å². The van der Waals surface area contributed by atoms with Crippen LogP contribution in [0, 0.1) is 5.92 Å². The van der Waals surface area contributed by atoms with E-state index < -0.39 is 5.92 Å². The molecular formula is C39H56F2N8O. The van der Waals surface area contributed by atoms with Gasteiger partial charge >= 0.3 is 0 Å². The van der Waals surface area contributed by atoms with Crippen molar-refractivity contribution in [2.75, 3.05) is 45.8 Å². The Balaban J connectivity index is 1.17. The lowest BCUT2D eigenvalue weighted by molar-refractivity contribution is -0.130. The average molecular weight is 691 g/mol. The lowest BCUT2D eigenvalue weighted by Gasteiger charge is -2.45. The number of rotatable bonds is 15. The fraction of sp³-hybridized carbons (Fsp3) is 0.615. The van der Waals surface area contributed by atoms with Gasteiger partial charge in [0.15, 0.2) is 0 Å². The fourth-order valence-electron chi connectivity index (χ4n) is 8.24. The SMILES string of the molecule is Cn1cncc1CN1CCN(CC[C@H](NC(=O)C2CCC(F)(F)CC2)c2ccccc2)CC1CN(CCCCN)C1CCCc2cccnc21. The van der Waals surface area contributed by atoms with Gasteiger partial charge in [-0.3, -0.25) is 19.6 Å². The number of halogens is 2. The molecule has 2 unspecified atom stereocenters. The molecule has 3 aliphatic rings. The second kappa shape index (κ2) is 17.3. The van der Waals surface area contributed by atoms with Crippen LogP contribution >= 0.6 is 0 Å². The second-order valence-corrected chi connectivity index (χ2v) is 14.8. The molecule has 11 heteroatoms. The maximum atomic E-state index is 13.9. The Kier molecular flexibility index (Phi) is 12.6. The van der Waals surface area contributed by atoms with Crippen LogP contribution in [0.3, 0.4) is 0 Å². The average Bonchev–Trinajstić information content (AvgIpc) is 3.54. The number of amides is 1. The normalized spacial score (nSPS) is 22.3. The smallest absolute Gasteiger partial charge is 0.248 e. The van der Waals surface area contributed by atoms with Crippen LogP contribution in [0.2, 0.25) is 0 Å². The Morgan fingerprint density at radius 2 is 1.92 bits per heavy atom. The van der Waals surface area contributed by atoms with Gasteiger partial charge in [-0.15, -0.1) is 0 Å². The quantitative estimate of drug-likeness (QED) is 0.204. The molecule has 1 amide bonds. The van der Waals surface area contributed by atoms with Gasteiger partial charge in [0.05, 0.1) is 29.8 Å². The minimum Gasteiger partial charge on any atom is -0.349 e. The summed E-state index contributed by atoms with van der Waals surface area (Å²) in [6.45, 7) is 7.08. The molecule has 3 heterocycles. The highest BCUT2D eigenvalue weighted by Gasteiger charge is 2.38. The van der Waals surface area contributed by atoms with Gasteiger partial charge in [-0.1, -0.05) is 36.4 Å². The molecule has 3 N–H and O–H groups in total. The number of carbonyl (C=O) groups is 1. The van der Waals surface area contributed by atoms with Crippen molar-refractivity contribution in [3.05, 3.63) is 83.7 Å². The number of imidazole rings is 1. The van der Waals surface area contributed by atoms with Gasteiger partial charge in [0.2, 0.25) is 11.8 Å². The molecule has 2 aliphatic carbocycles. The molecule has 272 valence electrons. The van der Waals surface area contributed by atoms with Crippen LogP contribution in [0.15, 0.2) is 61.2 Å². The number of aryl methyl sites for hydroxylation is 2. The van der Waals surface area contributed by atoms with Crippen LogP contribution in [0.4, 0.5) is 8.78 Å². The number of hydrogen-bond donors (Lipinski definition) is 2. The Morgan fingerprint density at radius 3 is 2.68 bits per heavy atom. The lowest BCUT2D eigenvalue weighted by atomic mass is 9.86. The molecule has 50 heavy (non-hydrogen) atoms. The number of hydrogen-bond acceptors (Lipinski definition) is 7. The van der Waals surface area contributed by atoms with Crippen LogP contribution in [0.5, 0.6) is 0 Å². The third-order valence-corrected chi connectivity index (χ3v) is 11.3. The summed E-state index contributed by atoms with van der Waals surface area (Å²) in [5.74, 6) is -3.10. The van der Waals surface area contributed by atoms with Gasteiger partial charge in [0.1, 0.15) is 0 Å². The highest BCUT2D eigenvalue weighted by molar-refractivity contribution is 5.79. The van der Waals surface area contributed by atoms with Crippen molar-refractivity contribution >= 4 is 5.91 Å². The van der Waals surface area contributed by atoms with Crippen LogP contribution < -0.4 is 11.1 Å². The number of pyridine rings is 1. The highest BCUT2D eigenvalue weighted by Crippen LogP contribution is 2.37. The minimum absolute atomic E-state index is 0.0947. The number of nitrogens with one attached hydrogen (secondary N) is 1. The zero-order valence-electron chi connectivity index (χ0n) is 29.7. The number of piperazine rings is 1. The van der Waals surface area contributed by atoms with Crippen molar-refractivity contribution in [2.24, 2.45) is 18.7 Å². The molecule has 1 saturated heterocycles. The number of alkyl halides is 2. The van der Waals surface area contributed by atoms with E-state index in [1.165, 1.54) is 23.4 Å². The lowest BCUT2D eigenvalue weighted by Crippen LogP contribution is -2.57. The molecule has 1 saturated carbocycles. The molecule has 0 bridgehead atoms. The molecule has 6 rings (SSSR count). The number of carbonyl (C=O) groups excluding carboxylic acids is 1. The summed E-state index contributed by atoms with van der Waals surface area (Å²) < 4.78 is 29.8. The molecule has 0 radical (unpaired) electrons. The molecule has 0 spiro atoms. The standard InChI is InChI=1S/C39H56F2N8O/c1-46-29-43-25-33(46)27-48-24-23-47(22-16-35(30-9-3-2-4-10-30)45-38(50)32-14-17-39(40,41)18-15-32)26-34(48)28-49(21-6-5-19-42)36-13-7-11-31-12-8-20-44-37(31)36/h2-4,8-10,12,20,25,29,32,34-36H,5-7,11,13-19,21-24,26-28,42H2,1H3,(H,45,50)/t34?,35-,36?/m0/s1. The van der Waals surface area contributed by atoms with Gasteiger partial charge in [0, 0.05) is 83.5 Å². The van der Waals surface area contributed by atoms with E-state index >= 15 is 0 Å². The Morgan fingerprint density at radius 1 is 1.10 bits per heavy atom. The molecule has 2 aromatic heterocycles. The Hall–Kier alpha value is -3.25. The van der Waals surface area contributed by atoms with Crippen molar-refractivity contribution in [1.29, 1.82) is 0 Å². The summed E-state index contributed by atoms with van der Waals surface area (Å²) in [6.07, 6.45) is 12.0. The van der Waals surface area contributed by atoms with Crippen LogP contribution in [0.25, 0.3) is 0 Å². The summed E-state index contributed by atoms with van der Waals surface area (Å²) >= 11 is 0. The molecule has 3 atom stereocenters. The van der Waals surface area contributed by atoms with E-state index in [4.69, 9.17) is 10.7 Å². The number of nitrogens with zero attached hydrogens (tertiary/aromatic N) is 6. The van der Waals surface area contributed by atoms with E-state index in [9.17, 15) is 13.6 Å². The van der Waals surface area contributed by atoms with Crippen LogP contribution in [-0.4, -0.2) is 92.9 Å². The maximum Gasteiger partial charge on any atom is 0.248 e. The van der Waals surface area contributed by atoms with E-state index in [0.29, 0.717) is 18.6 Å². The number of unbranched alkanes of at least 4 members (excludes halogenated alkanes) is 1. The topological polar surface area (TPSA) is 95.6 Å². The summed E-state index contributed by atoms with van der Waals surface area (Å²) in [6, 6.07) is 14.8. The molecule has 1 aliphatic heterocycles. The number of fused-ring (bicyclic) bond motifs is 1. The van der Waals surface area contributed by atoms with Crippen LogP contribution in [0.1, 0.15) is 92.4 Å². The van der Waals surface area contributed by atoms with Crippen molar-refractivity contribution < 1.29 is 13.6 Å². The van der Waals surface area contributed by atoms with Gasteiger partial charge in [-0.2, -0.15) is 0 Å². The van der Waals surface area contributed by atoms with Crippen molar-refractivity contribution in [3.8, 4) is 0 Å². The molecule has 3 aromatic rings. The third-order valence-electron chi connectivity index (χ3n) is 11.3. The van der Waals surface area contributed by atoms with E-state index in [1.807, 2.05) is 36.9 Å². The predicted octanol–water partition coefficient (Wildman–Crippen LogP) is 5.49. The number of nitrogens with two attached hydrogens (primary N) is 1. The Bertz CT molecular complexity index is 1490. The summed E-state index contributed by atoms with van der Waals surface area (Å²) in [4.78, 5) is 30.6. The first-order valence-electron chi connectivity index (χ1n) is 18.8. The Labute approximate surface area is 296 Å². The van der Waals surface area contributed by atoms with Gasteiger partial charge in [-0.25, -0.2) is 13.8 Å². The van der Waals surface area contributed by atoms with Crippen LogP contribution in [-0.2, 0) is 24.8 Å². The predicted molar refractivity (Wildman–Crippen MR) is 192 cm³/mol. The first-order valence-corrected chi connectivity index (χ1v) is 18.8. The zero-order valence-corrected chi connectivity index (χ0v) is 29.7. The second-order valence-electron chi connectivity index (χ2n) is 14.8. The third kappa shape index (κ3) is 9.54. The minimum atomic E-state index is -2.65. The molecule has 2 fully saturated rings. The van der Waals surface area contributed by atoms with Gasteiger partial charge in [-0.05, 0) is 81.6 Å². The molecule has 9 nitrogen and oxygen atoms in total. The van der Waals surface area contributed by atoms with Crippen molar-refractivity contribution in [2.45, 2.75) is 94.8 Å². The maximum absolute atomic E-state index is 13.9. The van der Waals surface area contributed by atoms with Crippen molar-refractivity contribution in [3.63, 3.8) is 0 Å². The first kappa shape index (κ1) is 36.5. The summed E-state index contributed by atoms with van der Waals surface area (Å²) in [7, 11) is 2.06. The van der Waals surface area contributed by atoms with Gasteiger partial charge < -0.3 is 20.5 Å². The zero-order chi connectivity index (χ0) is 34.9. The molecule has 1 aromatic carbocycles. The monoisotopic (exact) mass is 690 g/mol. The largest absolute Gasteiger partial charge is 0.349 e. The van der Waals surface area contributed by atoms with Crippen molar-refractivity contribution in [1.82, 2.24) is 34.6 Å². The summed E-state index contributed by atoms with van der Waals surface area (Å²) in [5.41, 5.74) is 10.8. The first-order chi connectivity index (χ1) is 24.3. The van der Waals surface area contributed by atoms with E-state index in [2.05, 4.69) is 60.9 Å². The summed E-state index contributed by atoms with van der Waals surface area (Å²) in [5, 5.41) is 3.28. The highest BCUT2D eigenvalue weighted by atomic mass is 19.3. The molecular weight excluding hydrogens is 634 g/mol. The van der Waals surface area contributed by atoms with Gasteiger partial charge in [0.25, 0.3) is 0 Å². The number of benzene rings is 1. The van der Waals surface area contributed by atoms with E-state index in [0.717, 1.165) is 83.5 Å².